The number of hydrogen-bond donors (Lipinski definition) is 1. The molecule has 2 aliphatic rings. The zero-order valence-corrected chi connectivity index (χ0v) is 11.6. The zero-order chi connectivity index (χ0) is 13.1. The second-order valence-corrected chi connectivity index (χ2v) is 6.08. The first-order chi connectivity index (χ1) is 8.61. The van der Waals surface area contributed by atoms with Crippen LogP contribution in [-0.2, 0) is 9.53 Å². The minimum absolute atomic E-state index is 0.279. The van der Waals surface area contributed by atoms with E-state index >= 15 is 0 Å². The Kier molecular flexibility index (Phi) is 4.62. The second-order valence-electron chi connectivity index (χ2n) is 6.08. The van der Waals surface area contributed by atoms with Crippen LogP contribution < -0.4 is 5.73 Å². The van der Waals surface area contributed by atoms with Crippen molar-refractivity contribution in [3.63, 3.8) is 0 Å². The fraction of sp³-hybridized carbons (Fsp3) is 0.929. The van der Waals surface area contributed by atoms with Gasteiger partial charge in [0.1, 0.15) is 0 Å². The molecule has 4 unspecified atom stereocenters. The van der Waals surface area contributed by atoms with Gasteiger partial charge < -0.3 is 15.4 Å². The highest BCUT2D eigenvalue weighted by molar-refractivity contribution is 5.76. The van der Waals surface area contributed by atoms with Gasteiger partial charge in [0.2, 0.25) is 5.91 Å². The highest BCUT2D eigenvalue weighted by Crippen LogP contribution is 2.35. The first-order valence-corrected chi connectivity index (χ1v) is 7.14. The molecule has 2 N–H and O–H groups in total. The molecule has 4 heteroatoms. The molecule has 18 heavy (non-hydrogen) atoms. The van der Waals surface area contributed by atoms with Crippen molar-refractivity contribution in [3.05, 3.63) is 0 Å². The number of nitrogens with zero attached hydrogens (tertiary/aromatic N) is 1. The molecule has 1 saturated carbocycles. The summed E-state index contributed by atoms with van der Waals surface area (Å²) < 4.78 is 5.09. The summed E-state index contributed by atoms with van der Waals surface area (Å²) >= 11 is 0. The molecule has 1 aliphatic heterocycles. The van der Waals surface area contributed by atoms with Crippen LogP contribution in [-0.4, -0.2) is 43.7 Å². The summed E-state index contributed by atoms with van der Waals surface area (Å²) in [7, 11) is 1.68. The van der Waals surface area contributed by atoms with E-state index in [1.807, 2.05) is 4.90 Å². The topological polar surface area (TPSA) is 55.6 Å². The molecule has 1 amide bonds. The Morgan fingerprint density at radius 3 is 2.89 bits per heavy atom. The number of amides is 1. The molecule has 104 valence electrons. The van der Waals surface area contributed by atoms with E-state index in [-0.39, 0.29) is 5.91 Å². The number of likely N-dealkylation sites (tertiary alicyclic amines) is 1. The van der Waals surface area contributed by atoms with Crippen LogP contribution >= 0.6 is 0 Å². The third-order valence-electron chi connectivity index (χ3n) is 4.48. The van der Waals surface area contributed by atoms with Crippen molar-refractivity contribution in [3.8, 4) is 0 Å². The van der Waals surface area contributed by atoms with E-state index in [9.17, 15) is 4.79 Å². The van der Waals surface area contributed by atoms with E-state index in [1.165, 1.54) is 12.8 Å². The number of carbonyl (C=O) groups is 1. The zero-order valence-electron chi connectivity index (χ0n) is 11.6. The maximum Gasteiger partial charge on any atom is 0.222 e. The van der Waals surface area contributed by atoms with Crippen molar-refractivity contribution >= 4 is 5.91 Å². The molecule has 4 nitrogen and oxygen atoms in total. The van der Waals surface area contributed by atoms with Crippen LogP contribution in [0.15, 0.2) is 0 Å². The number of methoxy groups -OCH3 is 1. The molecule has 0 aromatic heterocycles. The molecule has 0 aromatic carbocycles. The van der Waals surface area contributed by atoms with Gasteiger partial charge >= 0.3 is 0 Å². The minimum Gasteiger partial charge on any atom is -0.384 e. The maximum absolute atomic E-state index is 12.2. The lowest BCUT2D eigenvalue weighted by molar-refractivity contribution is -0.131. The van der Waals surface area contributed by atoms with Crippen molar-refractivity contribution in [1.82, 2.24) is 4.90 Å². The normalized spacial score (nSPS) is 33.3. The lowest BCUT2D eigenvalue weighted by Crippen LogP contribution is -2.38. The van der Waals surface area contributed by atoms with E-state index in [2.05, 4.69) is 6.92 Å². The number of nitrogens with two attached hydrogens (primary N) is 1. The van der Waals surface area contributed by atoms with Gasteiger partial charge in [-0.3, -0.25) is 4.79 Å². The van der Waals surface area contributed by atoms with Gasteiger partial charge in [0, 0.05) is 39.3 Å². The molecule has 2 fully saturated rings. The van der Waals surface area contributed by atoms with Crippen molar-refractivity contribution in [2.45, 2.75) is 38.6 Å². The van der Waals surface area contributed by atoms with Gasteiger partial charge in [-0.05, 0) is 30.6 Å². The molecular formula is C14H26N2O2. The first-order valence-electron chi connectivity index (χ1n) is 7.14. The summed E-state index contributed by atoms with van der Waals surface area (Å²) in [5.74, 6) is 1.77. The Bertz CT molecular complexity index is 296. The molecule has 1 saturated heterocycles. The van der Waals surface area contributed by atoms with Gasteiger partial charge in [-0.25, -0.2) is 0 Å². The monoisotopic (exact) mass is 254 g/mol. The van der Waals surface area contributed by atoms with Crippen molar-refractivity contribution in [1.29, 1.82) is 0 Å². The summed E-state index contributed by atoms with van der Waals surface area (Å²) in [6, 6.07) is 0.304. The lowest BCUT2D eigenvalue weighted by atomic mass is 9.78. The van der Waals surface area contributed by atoms with Crippen LogP contribution in [0.1, 0.15) is 32.6 Å². The molecule has 0 radical (unpaired) electrons. The molecule has 2 rings (SSSR count). The third-order valence-corrected chi connectivity index (χ3v) is 4.48. The first kappa shape index (κ1) is 13.8. The van der Waals surface area contributed by atoms with Crippen LogP contribution in [0.3, 0.4) is 0 Å². The van der Waals surface area contributed by atoms with E-state index in [4.69, 9.17) is 10.5 Å². The maximum atomic E-state index is 12.2. The predicted molar refractivity (Wildman–Crippen MR) is 71.0 cm³/mol. The Labute approximate surface area is 110 Å². The molecule has 0 aromatic rings. The highest BCUT2D eigenvalue weighted by atomic mass is 16.5. The van der Waals surface area contributed by atoms with Gasteiger partial charge in [0.05, 0.1) is 0 Å². The summed E-state index contributed by atoms with van der Waals surface area (Å²) in [6.07, 6.45) is 4.20. The number of hydrogen-bond acceptors (Lipinski definition) is 3. The van der Waals surface area contributed by atoms with Gasteiger partial charge in [-0.1, -0.05) is 13.3 Å². The average molecular weight is 254 g/mol. The summed E-state index contributed by atoms with van der Waals surface area (Å²) in [5, 5.41) is 0. The van der Waals surface area contributed by atoms with Crippen LogP contribution in [0, 0.1) is 17.8 Å². The molecular weight excluding hydrogens is 228 g/mol. The average Bonchev–Trinajstić information content (AvgIpc) is 2.74. The molecule has 0 bridgehead atoms. The minimum atomic E-state index is 0.279. The van der Waals surface area contributed by atoms with E-state index < -0.39 is 0 Å². The summed E-state index contributed by atoms with van der Waals surface area (Å²) in [5.41, 5.74) is 6.17. The molecule has 0 spiro atoms. The fourth-order valence-corrected chi connectivity index (χ4v) is 3.49. The molecule has 1 heterocycles. The van der Waals surface area contributed by atoms with Gasteiger partial charge in [-0.15, -0.1) is 0 Å². The van der Waals surface area contributed by atoms with Gasteiger partial charge in [0.25, 0.3) is 0 Å². The Morgan fingerprint density at radius 1 is 1.44 bits per heavy atom. The Balaban J connectivity index is 1.85. The van der Waals surface area contributed by atoms with Gasteiger partial charge in [-0.2, -0.15) is 0 Å². The number of rotatable bonds is 4. The van der Waals surface area contributed by atoms with Crippen LogP contribution in [0.2, 0.25) is 0 Å². The standard InChI is InChI=1S/C14H26N2O2/c1-10(9-18-2)6-14(17)16-7-11-4-3-5-13(15)12(11)8-16/h10-13H,3-9,15H2,1-2H3. The largest absolute Gasteiger partial charge is 0.384 e. The number of carbonyl (C=O) groups excluding carboxylic acids is 1. The second kappa shape index (κ2) is 6.02. The third kappa shape index (κ3) is 3.04. The number of fused-ring (bicyclic) bond motifs is 1. The van der Waals surface area contributed by atoms with Crippen LogP contribution in [0.4, 0.5) is 0 Å². The number of ether oxygens (including phenoxy) is 1. The molecule has 1 aliphatic carbocycles. The predicted octanol–water partition coefficient (Wildman–Crippen LogP) is 1.24. The quantitative estimate of drug-likeness (QED) is 0.821. The van der Waals surface area contributed by atoms with Crippen LogP contribution in [0.25, 0.3) is 0 Å². The SMILES string of the molecule is COCC(C)CC(=O)N1CC2CCCC(N)C2C1. The summed E-state index contributed by atoms with van der Waals surface area (Å²) in [6.45, 7) is 4.53. The van der Waals surface area contributed by atoms with E-state index in [0.29, 0.717) is 36.8 Å². The van der Waals surface area contributed by atoms with Crippen molar-refractivity contribution < 1.29 is 9.53 Å². The van der Waals surface area contributed by atoms with Gasteiger partial charge in [0.15, 0.2) is 0 Å². The van der Waals surface area contributed by atoms with Crippen molar-refractivity contribution in [2.75, 3.05) is 26.8 Å². The van der Waals surface area contributed by atoms with Crippen LogP contribution in [0.5, 0.6) is 0 Å². The van der Waals surface area contributed by atoms with E-state index in [0.717, 1.165) is 19.5 Å². The Hall–Kier alpha value is -0.610. The molecule has 4 atom stereocenters. The summed E-state index contributed by atoms with van der Waals surface area (Å²) in [4.78, 5) is 14.2. The van der Waals surface area contributed by atoms with E-state index in [1.54, 1.807) is 7.11 Å². The highest BCUT2D eigenvalue weighted by Gasteiger charge is 2.40. The lowest BCUT2D eigenvalue weighted by Gasteiger charge is -2.29. The smallest absolute Gasteiger partial charge is 0.222 e. The van der Waals surface area contributed by atoms with Crippen molar-refractivity contribution in [2.24, 2.45) is 23.5 Å². The Morgan fingerprint density at radius 2 is 2.22 bits per heavy atom. The fourth-order valence-electron chi connectivity index (χ4n) is 3.49.